The van der Waals surface area contributed by atoms with Crippen LogP contribution in [0.15, 0.2) is 47.2 Å². The van der Waals surface area contributed by atoms with Gasteiger partial charge in [-0.3, -0.25) is 9.20 Å². The molecule has 8 nitrogen and oxygen atoms in total. The van der Waals surface area contributed by atoms with Crippen LogP contribution < -0.4 is 10.1 Å². The Morgan fingerprint density at radius 1 is 1.29 bits per heavy atom. The van der Waals surface area contributed by atoms with Crippen LogP contribution in [-0.2, 0) is 6.42 Å². The van der Waals surface area contributed by atoms with Gasteiger partial charge in [-0.05, 0) is 30.7 Å². The number of benzene rings is 1. The number of hydrogen-bond donors (Lipinski definition) is 1. The Bertz CT molecular complexity index is 1230. The first-order valence-electron chi connectivity index (χ1n) is 9.49. The molecular formula is C21H19F2N5O3. The van der Waals surface area contributed by atoms with E-state index in [0.717, 1.165) is 5.56 Å². The summed E-state index contributed by atoms with van der Waals surface area (Å²) in [5, 5.41) is 6.73. The Balaban J connectivity index is 1.57. The van der Waals surface area contributed by atoms with E-state index >= 15 is 0 Å². The number of ether oxygens (including phenoxy) is 1. The quantitative estimate of drug-likeness (QED) is 0.476. The van der Waals surface area contributed by atoms with E-state index in [0.29, 0.717) is 28.3 Å². The van der Waals surface area contributed by atoms with Crippen LogP contribution >= 0.6 is 0 Å². The maximum Gasteiger partial charge on any atom is 0.274 e. The van der Waals surface area contributed by atoms with E-state index in [1.54, 1.807) is 48.0 Å². The number of methoxy groups -OCH3 is 1. The van der Waals surface area contributed by atoms with Gasteiger partial charge in [0.2, 0.25) is 18.1 Å². The molecular weight excluding hydrogens is 408 g/mol. The fraction of sp³-hybridized carbons (Fsp3) is 0.238. The van der Waals surface area contributed by atoms with Crippen LogP contribution in [0.4, 0.5) is 14.5 Å². The Hall–Kier alpha value is -3.82. The number of fused-ring (bicyclic) bond motifs is 1. The van der Waals surface area contributed by atoms with E-state index in [-0.39, 0.29) is 30.5 Å². The van der Waals surface area contributed by atoms with Crippen molar-refractivity contribution in [3.8, 4) is 17.1 Å². The summed E-state index contributed by atoms with van der Waals surface area (Å²) in [5.74, 6) is 0.643. The van der Waals surface area contributed by atoms with Crippen molar-refractivity contribution in [3.05, 3.63) is 59.9 Å². The molecule has 3 heterocycles. The molecule has 0 radical (unpaired) electrons. The van der Waals surface area contributed by atoms with Gasteiger partial charge < -0.3 is 14.6 Å². The topological polar surface area (TPSA) is 94.5 Å². The van der Waals surface area contributed by atoms with Crippen molar-refractivity contribution in [1.82, 2.24) is 19.5 Å². The first-order valence-corrected chi connectivity index (χ1v) is 9.49. The minimum Gasteiger partial charge on any atom is -0.495 e. The molecule has 1 aromatic carbocycles. The number of anilines is 1. The molecule has 0 aliphatic carbocycles. The molecule has 1 N–H and O–H groups in total. The number of nitrogens with one attached hydrogen (secondary N) is 1. The number of amides is 1. The van der Waals surface area contributed by atoms with Gasteiger partial charge in [-0.15, -0.1) is 0 Å². The van der Waals surface area contributed by atoms with Crippen LogP contribution in [0.3, 0.4) is 0 Å². The molecule has 0 saturated carbocycles. The zero-order chi connectivity index (χ0) is 22.0. The zero-order valence-corrected chi connectivity index (χ0v) is 16.8. The Morgan fingerprint density at radius 3 is 2.90 bits per heavy atom. The molecule has 0 bridgehead atoms. The average Bonchev–Trinajstić information content (AvgIpc) is 3.40. The minimum atomic E-state index is -2.43. The summed E-state index contributed by atoms with van der Waals surface area (Å²) in [5.41, 5.74) is 2.92. The SMILES string of the molecule is COc1ccc2ncc(C(=O)Nc3cc(-c4noc(CCC(F)F)n4)ccc3C)n2c1. The van der Waals surface area contributed by atoms with Crippen LogP contribution in [0.1, 0.15) is 28.4 Å². The van der Waals surface area contributed by atoms with Gasteiger partial charge in [0.25, 0.3) is 5.91 Å². The van der Waals surface area contributed by atoms with E-state index in [4.69, 9.17) is 9.26 Å². The van der Waals surface area contributed by atoms with Gasteiger partial charge in [0.1, 0.15) is 17.1 Å². The number of halogens is 2. The number of rotatable bonds is 7. The van der Waals surface area contributed by atoms with Crippen LogP contribution in [-0.4, -0.2) is 39.0 Å². The van der Waals surface area contributed by atoms with Gasteiger partial charge in [0.05, 0.1) is 19.5 Å². The normalized spacial score (nSPS) is 11.3. The van der Waals surface area contributed by atoms with Gasteiger partial charge >= 0.3 is 0 Å². The lowest BCUT2D eigenvalue weighted by atomic mass is 10.1. The number of carbonyl (C=O) groups excluding carboxylic acids is 1. The molecule has 31 heavy (non-hydrogen) atoms. The summed E-state index contributed by atoms with van der Waals surface area (Å²) in [6.07, 6.45) is 0.383. The van der Waals surface area contributed by atoms with E-state index in [9.17, 15) is 13.6 Å². The number of aryl methyl sites for hydroxylation is 2. The molecule has 0 unspecified atom stereocenters. The third kappa shape index (κ3) is 4.37. The molecule has 160 valence electrons. The third-order valence-electron chi connectivity index (χ3n) is 4.74. The Kier molecular flexibility index (Phi) is 5.61. The van der Waals surface area contributed by atoms with Gasteiger partial charge in [0.15, 0.2) is 0 Å². The predicted molar refractivity (Wildman–Crippen MR) is 108 cm³/mol. The van der Waals surface area contributed by atoms with Crippen molar-refractivity contribution in [2.75, 3.05) is 12.4 Å². The lowest BCUT2D eigenvalue weighted by Gasteiger charge is -2.10. The highest BCUT2D eigenvalue weighted by Gasteiger charge is 2.16. The highest BCUT2D eigenvalue weighted by atomic mass is 19.3. The average molecular weight is 427 g/mol. The predicted octanol–water partition coefficient (Wildman–Crippen LogP) is 4.15. The van der Waals surface area contributed by atoms with E-state index < -0.39 is 6.43 Å². The molecule has 0 saturated heterocycles. The number of aromatic nitrogens is 4. The monoisotopic (exact) mass is 427 g/mol. The number of carbonyl (C=O) groups is 1. The van der Waals surface area contributed by atoms with E-state index in [2.05, 4.69) is 20.4 Å². The second kappa shape index (κ2) is 8.50. The van der Waals surface area contributed by atoms with Crippen LogP contribution in [0.2, 0.25) is 0 Å². The van der Waals surface area contributed by atoms with Crippen LogP contribution in [0.25, 0.3) is 17.0 Å². The highest BCUT2D eigenvalue weighted by molar-refractivity contribution is 6.04. The van der Waals surface area contributed by atoms with Crippen molar-refractivity contribution in [2.24, 2.45) is 0 Å². The lowest BCUT2D eigenvalue weighted by molar-refractivity contribution is 0.102. The fourth-order valence-corrected chi connectivity index (χ4v) is 3.04. The summed E-state index contributed by atoms with van der Waals surface area (Å²) < 4.78 is 36.7. The standard InChI is InChI=1S/C21H19F2N5O3/c1-12-3-4-13(20-26-19(31-27-20)8-6-17(22)23)9-15(12)25-21(29)16-10-24-18-7-5-14(30-2)11-28(16)18/h3-5,7,9-11,17H,6,8H2,1-2H3,(H,25,29). The van der Waals surface area contributed by atoms with Crippen molar-refractivity contribution in [3.63, 3.8) is 0 Å². The summed E-state index contributed by atoms with van der Waals surface area (Å²) in [7, 11) is 1.55. The first-order chi connectivity index (χ1) is 14.9. The number of hydrogen-bond acceptors (Lipinski definition) is 6. The summed E-state index contributed by atoms with van der Waals surface area (Å²) in [6.45, 7) is 1.85. The third-order valence-corrected chi connectivity index (χ3v) is 4.74. The van der Waals surface area contributed by atoms with E-state index in [1.807, 2.05) is 6.92 Å². The number of pyridine rings is 1. The highest BCUT2D eigenvalue weighted by Crippen LogP contribution is 2.25. The first kappa shape index (κ1) is 20.5. The molecule has 4 rings (SSSR count). The largest absolute Gasteiger partial charge is 0.495 e. The summed E-state index contributed by atoms with van der Waals surface area (Å²) in [6, 6.07) is 8.80. The van der Waals surface area contributed by atoms with Crippen molar-refractivity contribution in [1.29, 1.82) is 0 Å². The molecule has 0 spiro atoms. The van der Waals surface area contributed by atoms with Crippen molar-refractivity contribution < 1.29 is 22.8 Å². The second-order valence-electron chi connectivity index (χ2n) is 6.87. The van der Waals surface area contributed by atoms with Crippen molar-refractivity contribution in [2.45, 2.75) is 26.2 Å². The molecule has 10 heteroatoms. The molecule has 0 fully saturated rings. The second-order valence-corrected chi connectivity index (χ2v) is 6.87. The molecule has 3 aromatic heterocycles. The Labute approximate surface area is 175 Å². The number of nitrogens with zero attached hydrogens (tertiary/aromatic N) is 4. The summed E-state index contributed by atoms with van der Waals surface area (Å²) in [4.78, 5) is 21.3. The lowest BCUT2D eigenvalue weighted by Crippen LogP contribution is -2.15. The molecule has 0 aliphatic rings. The number of alkyl halides is 2. The Morgan fingerprint density at radius 2 is 2.13 bits per heavy atom. The number of imidazole rings is 1. The van der Waals surface area contributed by atoms with E-state index in [1.165, 1.54) is 6.20 Å². The van der Waals surface area contributed by atoms with Gasteiger partial charge in [-0.25, -0.2) is 13.8 Å². The van der Waals surface area contributed by atoms with Gasteiger partial charge in [-0.1, -0.05) is 17.3 Å². The smallest absolute Gasteiger partial charge is 0.274 e. The minimum absolute atomic E-state index is 0.00211. The fourth-order valence-electron chi connectivity index (χ4n) is 3.04. The molecule has 4 aromatic rings. The molecule has 1 amide bonds. The zero-order valence-electron chi connectivity index (χ0n) is 16.8. The summed E-state index contributed by atoms with van der Waals surface area (Å²) >= 11 is 0. The maximum absolute atomic E-state index is 12.9. The molecule has 0 atom stereocenters. The van der Waals surface area contributed by atoms with Crippen molar-refractivity contribution >= 4 is 17.2 Å². The van der Waals surface area contributed by atoms with Crippen LogP contribution in [0.5, 0.6) is 5.75 Å². The van der Waals surface area contributed by atoms with Gasteiger partial charge in [0, 0.05) is 24.1 Å². The maximum atomic E-state index is 12.9. The molecule has 0 aliphatic heterocycles. The van der Waals surface area contributed by atoms with Gasteiger partial charge in [-0.2, -0.15) is 4.98 Å². The van der Waals surface area contributed by atoms with Crippen LogP contribution in [0, 0.1) is 6.92 Å².